The Hall–Kier alpha value is -4.13. The molecule has 2 aromatic carbocycles. The van der Waals surface area contributed by atoms with Crippen molar-refractivity contribution in [1.29, 1.82) is 0 Å². The van der Waals surface area contributed by atoms with Crippen molar-refractivity contribution in [3.63, 3.8) is 0 Å². The maximum absolute atomic E-state index is 13.2. The fourth-order valence-electron chi connectivity index (χ4n) is 4.00. The molecule has 1 atom stereocenters. The first-order valence-corrected chi connectivity index (χ1v) is 11.0. The molecule has 174 valence electrons. The molecule has 1 fully saturated rings. The van der Waals surface area contributed by atoms with Gasteiger partial charge < -0.3 is 19.5 Å². The molecule has 1 aliphatic rings. The highest BCUT2D eigenvalue weighted by molar-refractivity contribution is 6.46. The summed E-state index contributed by atoms with van der Waals surface area (Å²) in [5.41, 5.74) is 1.87. The number of Topliss-reactive ketones (excluding diaryl/α,β-unsaturated/α-hetero) is 1. The number of rotatable bonds is 7. The van der Waals surface area contributed by atoms with Crippen LogP contribution in [0.5, 0.6) is 11.5 Å². The standard InChI is InChI=1S/C27H26N2O5/c1-17(2)34-22-8-4-6-19(14-22)25(30)23-24(20-7-5-13-28-15-20)29(27(32)26(23)31)16-18-9-11-21(33-3)12-10-18/h4-15,17,24,30H,16H2,1-3H3/b25-23-. The number of carbonyl (C=O) groups is 2. The summed E-state index contributed by atoms with van der Waals surface area (Å²) in [4.78, 5) is 31.9. The summed E-state index contributed by atoms with van der Waals surface area (Å²) in [6, 6.07) is 16.9. The minimum Gasteiger partial charge on any atom is -0.507 e. The number of ether oxygens (including phenoxy) is 2. The van der Waals surface area contributed by atoms with Crippen molar-refractivity contribution in [3.8, 4) is 11.5 Å². The third kappa shape index (κ3) is 4.64. The Morgan fingerprint density at radius 2 is 1.82 bits per heavy atom. The summed E-state index contributed by atoms with van der Waals surface area (Å²) in [6.45, 7) is 3.99. The fraction of sp³-hybridized carbons (Fsp3) is 0.222. The molecule has 3 aromatic rings. The van der Waals surface area contributed by atoms with Gasteiger partial charge in [-0.3, -0.25) is 14.6 Å². The molecule has 0 aliphatic carbocycles. The van der Waals surface area contributed by atoms with Gasteiger partial charge in [0.05, 0.1) is 24.8 Å². The van der Waals surface area contributed by atoms with E-state index in [0.717, 1.165) is 5.56 Å². The summed E-state index contributed by atoms with van der Waals surface area (Å²) in [5.74, 6) is -0.419. The number of aromatic nitrogens is 1. The van der Waals surface area contributed by atoms with Gasteiger partial charge in [0.2, 0.25) is 0 Å². The van der Waals surface area contributed by atoms with E-state index in [1.54, 1.807) is 68.0 Å². The maximum Gasteiger partial charge on any atom is 0.295 e. The predicted octanol–water partition coefficient (Wildman–Crippen LogP) is 4.50. The van der Waals surface area contributed by atoms with Crippen LogP contribution in [-0.4, -0.2) is 39.9 Å². The van der Waals surface area contributed by atoms with E-state index in [9.17, 15) is 14.7 Å². The lowest BCUT2D eigenvalue weighted by Gasteiger charge is -2.25. The van der Waals surface area contributed by atoms with E-state index in [4.69, 9.17) is 9.47 Å². The Morgan fingerprint density at radius 3 is 2.47 bits per heavy atom. The van der Waals surface area contributed by atoms with Gasteiger partial charge in [0.1, 0.15) is 17.3 Å². The average Bonchev–Trinajstić information content (AvgIpc) is 3.09. The van der Waals surface area contributed by atoms with Crippen molar-refractivity contribution >= 4 is 17.4 Å². The zero-order chi connectivity index (χ0) is 24.2. The topological polar surface area (TPSA) is 89.0 Å². The normalized spacial score (nSPS) is 17.3. The summed E-state index contributed by atoms with van der Waals surface area (Å²) < 4.78 is 10.9. The van der Waals surface area contributed by atoms with E-state index in [-0.39, 0.29) is 24.0 Å². The number of likely N-dealkylation sites (tertiary alicyclic amines) is 1. The van der Waals surface area contributed by atoms with Gasteiger partial charge >= 0.3 is 0 Å². The number of methoxy groups -OCH3 is 1. The SMILES string of the molecule is COc1ccc(CN2C(=O)C(=O)/C(=C(\O)c3cccc(OC(C)C)c3)C2c2cccnc2)cc1. The second-order valence-electron chi connectivity index (χ2n) is 8.26. The Kier molecular flexibility index (Phi) is 6.63. The van der Waals surface area contributed by atoms with Crippen LogP contribution in [0.2, 0.25) is 0 Å². The van der Waals surface area contributed by atoms with E-state index in [1.165, 1.54) is 4.90 Å². The zero-order valence-electron chi connectivity index (χ0n) is 19.3. The Bertz CT molecular complexity index is 1220. The van der Waals surface area contributed by atoms with Gasteiger partial charge in [0.25, 0.3) is 11.7 Å². The number of hydrogen-bond acceptors (Lipinski definition) is 6. The smallest absolute Gasteiger partial charge is 0.295 e. The number of amides is 1. The number of nitrogens with zero attached hydrogens (tertiary/aromatic N) is 2. The zero-order valence-corrected chi connectivity index (χ0v) is 19.3. The van der Waals surface area contributed by atoms with Crippen molar-refractivity contribution in [2.24, 2.45) is 0 Å². The lowest BCUT2D eigenvalue weighted by Crippen LogP contribution is -2.29. The molecule has 2 heterocycles. The first-order chi connectivity index (χ1) is 16.4. The molecule has 1 aromatic heterocycles. The first kappa shape index (κ1) is 23.0. The molecule has 4 rings (SSSR count). The van der Waals surface area contributed by atoms with Crippen LogP contribution in [0.4, 0.5) is 0 Å². The van der Waals surface area contributed by atoms with Crippen molar-refractivity contribution < 1.29 is 24.2 Å². The van der Waals surface area contributed by atoms with Gasteiger partial charge in [0.15, 0.2) is 0 Å². The van der Waals surface area contributed by atoms with Gasteiger partial charge in [-0.2, -0.15) is 0 Å². The molecular weight excluding hydrogens is 432 g/mol. The largest absolute Gasteiger partial charge is 0.507 e. The molecule has 0 saturated carbocycles. The highest BCUT2D eigenvalue weighted by Gasteiger charge is 2.46. The van der Waals surface area contributed by atoms with E-state index >= 15 is 0 Å². The van der Waals surface area contributed by atoms with Gasteiger partial charge in [-0.1, -0.05) is 30.3 Å². The van der Waals surface area contributed by atoms with Crippen LogP contribution in [0, 0.1) is 0 Å². The van der Waals surface area contributed by atoms with Crippen LogP contribution in [0.25, 0.3) is 5.76 Å². The lowest BCUT2D eigenvalue weighted by atomic mass is 9.96. The third-order valence-electron chi connectivity index (χ3n) is 5.53. The fourth-order valence-corrected chi connectivity index (χ4v) is 4.00. The maximum atomic E-state index is 13.2. The minimum atomic E-state index is -0.787. The number of benzene rings is 2. The number of ketones is 1. The van der Waals surface area contributed by atoms with Crippen molar-refractivity contribution in [3.05, 3.63) is 95.3 Å². The predicted molar refractivity (Wildman–Crippen MR) is 127 cm³/mol. The minimum absolute atomic E-state index is 0.0215. The highest BCUT2D eigenvalue weighted by atomic mass is 16.5. The van der Waals surface area contributed by atoms with Crippen molar-refractivity contribution in [2.45, 2.75) is 32.5 Å². The van der Waals surface area contributed by atoms with Gasteiger partial charge in [-0.05, 0) is 55.3 Å². The van der Waals surface area contributed by atoms with Crippen molar-refractivity contribution in [1.82, 2.24) is 9.88 Å². The molecular formula is C27H26N2O5. The number of aliphatic hydroxyl groups is 1. The van der Waals surface area contributed by atoms with Gasteiger partial charge in [0, 0.05) is 24.5 Å². The molecule has 0 spiro atoms. The molecule has 34 heavy (non-hydrogen) atoms. The second-order valence-corrected chi connectivity index (χ2v) is 8.26. The molecule has 0 bridgehead atoms. The highest BCUT2D eigenvalue weighted by Crippen LogP contribution is 2.40. The quantitative estimate of drug-likeness (QED) is 0.319. The van der Waals surface area contributed by atoms with Crippen LogP contribution in [0.1, 0.15) is 36.6 Å². The molecule has 1 saturated heterocycles. The van der Waals surface area contributed by atoms with E-state index in [0.29, 0.717) is 22.6 Å². The van der Waals surface area contributed by atoms with Crippen LogP contribution in [0.15, 0.2) is 78.6 Å². The Labute approximate surface area is 198 Å². The van der Waals surface area contributed by atoms with Crippen LogP contribution in [-0.2, 0) is 16.1 Å². The number of carbonyl (C=O) groups excluding carboxylic acids is 2. The first-order valence-electron chi connectivity index (χ1n) is 11.0. The van der Waals surface area contributed by atoms with Gasteiger partial charge in [-0.15, -0.1) is 0 Å². The lowest BCUT2D eigenvalue weighted by molar-refractivity contribution is -0.140. The molecule has 7 nitrogen and oxygen atoms in total. The van der Waals surface area contributed by atoms with E-state index in [2.05, 4.69) is 4.98 Å². The van der Waals surface area contributed by atoms with Gasteiger partial charge in [-0.25, -0.2) is 0 Å². The van der Waals surface area contributed by atoms with Crippen molar-refractivity contribution in [2.75, 3.05) is 7.11 Å². The van der Waals surface area contributed by atoms with E-state index in [1.807, 2.05) is 26.0 Å². The number of aliphatic hydroxyl groups excluding tert-OH is 1. The van der Waals surface area contributed by atoms with E-state index < -0.39 is 17.7 Å². The summed E-state index contributed by atoms with van der Waals surface area (Å²) in [6.07, 6.45) is 3.16. The molecule has 1 N–H and O–H groups in total. The van der Waals surface area contributed by atoms with Crippen LogP contribution >= 0.6 is 0 Å². The second kappa shape index (κ2) is 9.79. The molecule has 1 aliphatic heterocycles. The summed E-state index contributed by atoms with van der Waals surface area (Å²) in [7, 11) is 1.58. The Balaban J connectivity index is 1.79. The molecule has 1 unspecified atom stereocenters. The molecule has 0 radical (unpaired) electrons. The molecule has 7 heteroatoms. The summed E-state index contributed by atoms with van der Waals surface area (Å²) in [5, 5.41) is 11.2. The number of hydrogen-bond donors (Lipinski definition) is 1. The Morgan fingerprint density at radius 1 is 1.06 bits per heavy atom. The molecule has 1 amide bonds. The third-order valence-corrected chi connectivity index (χ3v) is 5.53. The van der Waals surface area contributed by atoms with Crippen LogP contribution < -0.4 is 9.47 Å². The average molecular weight is 459 g/mol. The monoisotopic (exact) mass is 458 g/mol. The number of pyridine rings is 1. The van der Waals surface area contributed by atoms with Crippen LogP contribution in [0.3, 0.4) is 0 Å². The summed E-state index contributed by atoms with van der Waals surface area (Å²) >= 11 is 0.